The van der Waals surface area contributed by atoms with Crippen molar-refractivity contribution in [3.63, 3.8) is 0 Å². The van der Waals surface area contributed by atoms with E-state index in [9.17, 15) is 22.4 Å². The topological polar surface area (TPSA) is 29.1 Å². The second-order valence-electron chi connectivity index (χ2n) is 2.91. The van der Waals surface area contributed by atoms with Crippen molar-refractivity contribution < 1.29 is 22.4 Å². The summed E-state index contributed by atoms with van der Waals surface area (Å²) in [4.78, 5) is 10.5. The lowest BCUT2D eigenvalue weighted by molar-refractivity contribution is -0.167. The molecule has 0 aliphatic heterocycles. The number of hydrogen-bond acceptors (Lipinski definition) is 1. The van der Waals surface area contributed by atoms with E-state index in [0.29, 0.717) is 0 Å². The second-order valence-corrected chi connectivity index (χ2v) is 2.91. The summed E-state index contributed by atoms with van der Waals surface area (Å²) < 4.78 is 48.2. The third-order valence-corrected chi connectivity index (χ3v) is 1.69. The fourth-order valence-electron chi connectivity index (χ4n) is 0.961. The third kappa shape index (κ3) is 2.93. The van der Waals surface area contributed by atoms with Gasteiger partial charge in [-0.1, -0.05) is 0 Å². The van der Waals surface area contributed by atoms with E-state index in [1.807, 2.05) is 0 Å². The molecule has 0 unspecified atom stereocenters. The number of aryl methyl sites for hydroxylation is 1. The summed E-state index contributed by atoms with van der Waals surface area (Å²) in [6, 6.07) is 3.08. The van der Waals surface area contributed by atoms with E-state index in [-0.39, 0.29) is 11.3 Å². The van der Waals surface area contributed by atoms with Gasteiger partial charge in [-0.2, -0.15) is 13.2 Å². The van der Waals surface area contributed by atoms with Crippen LogP contribution >= 0.6 is 0 Å². The van der Waals surface area contributed by atoms with Crippen LogP contribution in [-0.2, 0) is 4.79 Å². The second kappa shape index (κ2) is 3.88. The molecule has 0 heterocycles. The Morgan fingerprint density at radius 3 is 2.40 bits per heavy atom. The van der Waals surface area contributed by atoms with Crippen molar-refractivity contribution in [2.75, 3.05) is 5.32 Å². The molecule has 0 saturated heterocycles. The van der Waals surface area contributed by atoms with E-state index in [1.165, 1.54) is 6.92 Å². The summed E-state index contributed by atoms with van der Waals surface area (Å²) in [6.45, 7) is 1.40. The minimum atomic E-state index is -4.94. The van der Waals surface area contributed by atoms with E-state index < -0.39 is 17.9 Å². The number of alkyl halides is 3. The molecule has 0 spiro atoms. The number of nitrogens with one attached hydrogen (secondary N) is 1. The number of rotatable bonds is 1. The van der Waals surface area contributed by atoms with Crippen molar-refractivity contribution in [3.05, 3.63) is 29.6 Å². The summed E-state index contributed by atoms with van der Waals surface area (Å²) in [6.07, 6.45) is -4.94. The fraction of sp³-hybridized carbons (Fsp3) is 0.222. The van der Waals surface area contributed by atoms with Crippen LogP contribution in [-0.4, -0.2) is 12.1 Å². The number of carbonyl (C=O) groups is 1. The lowest BCUT2D eigenvalue weighted by atomic mass is 10.2. The van der Waals surface area contributed by atoms with Gasteiger partial charge < -0.3 is 5.32 Å². The zero-order chi connectivity index (χ0) is 11.6. The average molecular weight is 221 g/mol. The summed E-state index contributed by atoms with van der Waals surface area (Å²) in [5.41, 5.74) is 0.173. The third-order valence-electron chi connectivity index (χ3n) is 1.69. The standard InChI is InChI=1S/C9H7F4NO/c1-5-4-6(10)2-3-7(5)14-8(15)9(11,12)13/h2-4H,1H3,(H,14,15). The van der Waals surface area contributed by atoms with Gasteiger partial charge in [0.05, 0.1) is 0 Å². The van der Waals surface area contributed by atoms with Crippen LogP contribution in [0.1, 0.15) is 5.56 Å². The number of amides is 1. The van der Waals surface area contributed by atoms with E-state index >= 15 is 0 Å². The van der Waals surface area contributed by atoms with Gasteiger partial charge in [-0.05, 0) is 30.7 Å². The first-order valence-corrected chi connectivity index (χ1v) is 3.95. The smallest absolute Gasteiger partial charge is 0.318 e. The Hall–Kier alpha value is -1.59. The number of hydrogen-bond donors (Lipinski definition) is 1. The molecule has 1 aromatic rings. The van der Waals surface area contributed by atoms with Crippen LogP contribution < -0.4 is 5.32 Å². The number of anilines is 1. The number of carbonyl (C=O) groups excluding carboxylic acids is 1. The lowest BCUT2D eigenvalue weighted by Crippen LogP contribution is -2.30. The molecule has 0 aliphatic rings. The van der Waals surface area contributed by atoms with Gasteiger partial charge in [-0.25, -0.2) is 4.39 Å². The Morgan fingerprint density at radius 2 is 1.93 bits per heavy atom. The largest absolute Gasteiger partial charge is 0.471 e. The Bertz CT molecular complexity index is 386. The highest BCUT2D eigenvalue weighted by atomic mass is 19.4. The van der Waals surface area contributed by atoms with E-state index in [4.69, 9.17) is 0 Å². The van der Waals surface area contributed by atoms with Crippen molar-refractivity contribution >= 4 is 11.6 Å². The monoisotopic (exact) mass is 221 g/mol. The molecule has 15 heavy (non-hydrogen) atoms. The predicted octanol–water partition coefficient (Wildman–Crippen LogP) is 2.63. The van der Waals surface area contributed by atoms with Gasteiger partial charge >= 0.3 is 12.1 Å². The molecule has 82 valence electrons. The van der Waals surface area contributed by atoms with Crippen molar-refractivity contribution in [3.8, 4) is 0 Å². The van der Waals surface area contributed by atoms with Crippen molar-refractivity contribution in [1.82, 2.24) is 0 Å². The molecule has 1 aromatic carbocycles. The van der Waals surface area contributed by atoms with Gasteiger partial charge in [0.25, 0.3) is 0 Å². The highest BCUT2D eigenvalue weighted by Crippen LogP contribution is 2.20. The van der Waals surface area contributed by atoms with Crippen molar-refractivity contribution in [2.24, 2.45) is 0 Å². The van der Waals surface area contributed by atoms with E-state index in [2.05, 4.69) is 0 Å². The normalized spacial score (nSPS) is 11.3. The summed E-state index contributed by atoms with van der Waals surface area (Å²) in [5, 5.41) is 1.65. The molecule has 1 N–H and O–H groups in total. The van der Waals surface area contributed by atoms with Crippen LogP contribution in [0.5, 0.6) is 0 Å². The molecule has 0 fully saturated rings. The van der Waals surface area contributed by atoms with Crippen molar-refractivity contribution in [2.45, 2.75) is 13.1 Å². The molecule has 0 aliphatic carbocycles. The SMILES string of the molecule is Cc1cc(F)ccc1NC(=O)C(F)(F)F. The predicted molar refractivity (Wildman–Crippen MR) is 45.8 cm³/mol. The molecule has 0 radical (unpaired) electrons. The van der Waals surface area contributed by atoms with Gasteiger partial charge in [-0.15, -0.1) is 0 Å². The summed E-state index contributed by atoms with van der Waals surface area (Å²) in [5.74, 6) is -2.64. The first kappa shape index (κ1) is 11.5. The maximum Gasteiger partial charge on any atom is 0.471 e. The molecular weight excluding hydrogens is 214 g/mol. The Kier molecular flexibility index (Phi) is 2.97. The molecular formula is C9H7F4NO. The number of benzene rings is 1. The quantitative estimate of drug-likeness (QED) is 0.725. The van der Waals surface area contributed by atoms with Gasteiger partial charge in [0.2, 0.25) is 0 Å². The van der Waals surface area contributed by atoms with Gasteiger partial charge in [0.15, 0.2) is 0 Å². The first-order chi connectivity index (χ1) is 6.80. The van der Waals surface area contributed by atoms with E-state index in [0.717, 1.165) is 18.2 Å². The highest BCUT2D eigenvalue weighted by Gasteiger charge is 2.38. The van der Waals surface area contributed by atoms with Gasteiger partial charge in [-0.3, -0.25) is 4.79 Å². The molecule has 6 heteroatoms. The van der Waals surface area contributed by atoms with Gasteiger partial charge in [0.1, 0.15) is 5.82 Å². The molecule has 1 amide bonds. The van der Waals surface area contributed by atoms with Crippen LogP contribution in [0, 0.1) is 12.7 Å². The van der Waals surface area contributed by atoms with Crippen LogP contribution in [0.25, 0.3) is 0 Å². The van der Waals surface area contributed by atoms with Gasteiger partial charge in [0, 0.05) is 5.69 Å². The Labute approximate surface area is 82.9 Å². The van der Waals surface area contributed by atoms with Crippen LogP contribution in [0.4, 0.5) is 23.2 Å². The summed E-state index contributed by atoms with van der Waals surface area (Å²) in [7, 11) is 0. The first-order valence-electron chi connectivity index (χ1n) is 3.95. The van der Waals surface area contributed by atoms with Crippen LogP contribution in [0.15, 0.2) is 18.2 Å². The summed E-state index contributed by atoms with van der Waals surface area (Å²) >= 11 is 0. The molecule has 0 bridgehead atoms. The Morgan fingerprint density at radius 1 is 1.33 bits per heavy atom. The fourth-order valence-corrected chi connectivity index (χ4v) is 0.961. The highest BCUT2D eigenvalue weighted by molar-refractivity contribution is 5.95. The Balaban J connectivity index is 2.87. The molecule has 0 atom stereocenters. The van der Waals surface area contributed by atoms with Crippen molar-refractivity contribution in [1.29, 1.82) is 0 Å². The molecule has 0 aromatic heterocycles. The maximum atomic E-state index is 12.6. The molecule has 2 nitrogen and oxygen atoms in total. The number of halogens is 4. The minimum Gasteiger partial charge on any atom is -0.318 e. The molecule has 1 rings (SSSR count). The minimum absolute atomic E-state index is 0.0567. The zero-order valence-electron chi connectivity index (χ0n) is 7.65. The molecule has 0 saturated carbocycles. The van der Waals surface area contributed by atoms with Crippen LogP contribution in [0.2, 0.25) is 0 Å². The lowest BCUT2D eigenvalue weighted by Gasteiger charge is -2.09. The average Bonchev–Trinajstić information content (AvgIpc) is 2.08. The zero-order valence-corrected chi connectivity index (χ0v) is 7.65. The maximum absolute atomic E-state index is 12.6. The van der Waals surface area contributed by atoms with Crippen LogP contribution in [0.3, 0.4) is 0 Å². The van der Waals surface area contributed by atoms with E-state index in [1.54, 1.807) is 5.32 Å².